The molecule has 180 valence electrons. The summed E-state index contributed by atoms with van der Waals surface area (Å²) in [5.41, 5.74) is -4.04. The van der Waals surface area contributed by atoms with Gasteiger partial charge >= 0.3 is 29.8 Å². The normalized spacial score (nSPS) is 14.6. The van der Waals surface area contributed by atoms with Gasteiger partial charge in [0.1, 0.15) is 5.41 Å². The van der Waals surface area contributed by atoms with Crippen molar-refractivity contribution >= 4 is 35.9 Å². The Balaban J connectivity index is 2.99. The molecule has 0 fully saturated rings. The lowest BCUT2D eigenvalue weighted by Gasteiger charge is -2.29. The van der Waals surface area contributed by atoms with Crippen LogP contribution in [0.2, 0.25) is 0 Å². The topological polar surface area (TPSA) is 132 Å². The van der Waals surface area contributed by atoms with Crippen molar-refractivity contribution in [1.82, 2.24) is 0 Å². The Bertz CT molecular complexity index is 1040. The van der Waals surface area contributed by atoms with Gasteiger partial charge in [-0.1, -0.05) is 42.5 Å². The van der Waals surface area contributed by atoms with Gasteiger partial charge in [-0.3, -0.25) is 4.79 Å². The Hall–Kier alpha value is -4.21. The minimum Gasteiger partial charge on any atom is -0.468 e. The molecule has 1 aromatic carbocycles. The highest BCUT2D eigenvalue weighted by Gasteiger charge is 2.61. The molecule has 1 aliphatic rings. The van der Waals surface area contributed by atoms with E-state index >= 15 is 0 Å². The molecule has 0 aliphatic heterocycles. The Morgan fingerprint density at radius 2 is 1.12 bits per heavy atom. The van der Waals surface area contributed by atoms with E-state index in [1.54, 1.807) is 30.3 Å². The molecule has 0 bridgehead atoms. The van der Waals surface area contributed by atoms with Crippen molar-refractivity contribution in [2.24, 2.45) is 5.41 Å². The van der Waals surface area contributed by atoms with Crippen molar-refractivity contribution < 1.29 is 47.7 Å². The fourth-order valence-electron chi connectivity index (χ4n) is 3.77. The van der Waals surface area contributed by atoms with E-state index in [4.69, 9.17) is 23.7 Å². The van der Waals surface area contributed by atoms with Crippen LogP contribution in [0, 0.1) is 5.41 Å². The van der Waals surface area contributed by atoms with Gasteiger partial charge in [0.2, 0.25) is 0 Å². The van der Waals surface area contributed by atoms with Crippen LogP contribution in [0.5, 0.6) is 0 Å². The average Bonchev–Trinajstić information content (AvgIpc) is 3.18. The van der Waals surface area contributed by atoms with Crippen LogP contribution in [0.15, 0.2) is 58.7 Å². The molecule has 34 heavy (non-hydrogen) atoms. The molecule has 10 nitrogen and oxygen atoms in total. The third kappa shape index (κ3) is 4.47. The predicted molar refractivity (Wildman–Crippen MR) is 117 cm³/mol. The van der Waals surface area contributed by atoms with Crippen LogP contribution < -0.4 is 0 Å². The molecule has 0 heterocycles. The molecular formula is C24H24O10. The fourth-order valence-corrected chi connectivity index (χ4v) is 3.77. The first-order chi connectivity index (χ1) is 16.2. The first-order valence-electron chi connectivity index (χ1n) is 9.88. The van der Waals surface area contributed by atoms with Crippen molar-refractivity contribution in [1.29, 1.82) is 0 Å². The third-order valence-electron chi connectivity index (χ3n) is 5.23. The van der Waals surface area contributed by atoms with Gasteiger partial charge in [-0.05, 0) is 12.0 Å². The second-order valence-electron chi connectivity index (χ2n) is 6.88. The number of methoxy groups -OCH3 is 5. The predicted octanol–water partition coefficient (Wildman–Crippen LogP) is 1.55. The molecule has 0 aromatic heterocycles. The number of hydrogen-bond donors (Lipinski definition) is 0. The molecule has 0 amide bonds. The van der Waals surface area contributed by atoms with E-state index in [1.165, 1.54) is 6.08 Å². The van der Waals surface area contributed by atoms with Crippen LogP contribution in [0.25, 0.3) is 6.08 Å². The van der Waals surface area contributed by atoms with E-state index < -0.39 is 57.6 Å². The number of allylic oxidation sites excluding steroid dienone is 1. The summed E-state index contributed by atoms with van der Waals surface area (Å²) in [6.45, 7) is 0. The van der Waals surface area contributed by atoms with Gasteiger partial charge in [0.25, 0.3) is 0 Å². The van der Waals surface area contributed by atoms with Crippen molar-refractivity contribution in [2.75, 3.05) is 35.5 Å². The summed E-state index contributed by atoms with van der Waals surface area (Å²) in [4.78, 5) is 64.8. The van der Waals surface area contributed by atoms with Crippen molar-refractivity contribution in [3.8, 4) is 0 Å². The lowest BCUT2D eigenvalue weighted by atomic mass is 9.72. The SMILES string of the molecule is COC(=O)C1=C(C(=O)OC)C(C/C=C/c2ccccc2)(C(=O)OC)C(C(=O)OC)=C1C(=O)OC. The maximum absolute atomic E-state index is 13.3. The molecule has 10 heteroatoms. The number of ether oxygens (including phenoxy) is 5. The van der Waals surface area contributed by atoms with Gasteiger partial charge in [-0.25, -0.2) is 19.2 Å². The number of esters is 5. The second-order valence-corrected chi connectivity index (χ2v) is 6.88. The largest absolute Gasteiger partial charge is 0.468 e. The van der Waals surface area contributed by atoms with Crippen LogP contribution in [-0.4, -0.2) is 65.4 Å². The summed E-state index contributed by atoms with van der Waals surface area (Å²) in [6, 6.07) is 8.95. The number of benzene rings is 1. The van der Waals surface area contributed by atoms with E-state index in [-0.39, 0.29) is 6.42 Å². The molecule has 0 N–H and O–H groups in total. The van der Waals surface area contributed by atoms with E-state index in [9.17, 15) is 24.0 Å². The zero-order chi connectivity index (χ0) is 25.5. The quantitative estimate of drug-likeness (QED) is 0.405. The average molecular weight is 472 g/mol. The van der Waals surface area contributed by atoms with Crippen LogP contribution >= 0.6 is 0 Å². The highest BCUT2D eigenvalue weighted by Crippen LogP contribution is 2.52. The molecule has 0 unspecified atom stereocenters. The summed E-state index contributed by atoms with van der Waals surface area (Å²) >= 11 is 0. The van der Waals surface area contributed by atoms with Crippen LogP contribution in [0.4, 0.5) is 0 Å². The minimum atomic E-state index is -2.27. The van der Waals surface area contributed by atoms with Crippen molar-refractivity contribution in [3.05, 3.63) is 64.3 Å². The molecule has 0 spiro atoms. The summed E-state index contributed by atoms with van der Waals surface area (Å²) in [5.74, 6) is -5.75. The highest BCUT2D eigenvalue weighted by atomic mass is 16.5. The van der Waals surface area contributed by atoms with Gasteiger partial charge in [0, 0.05) is 0 Å². The van der Waals surface area contributed by atoms with Gasteiger partial charge < -0.3 is 23.7 Å². The Morgan fingerprint density at radius 1 is 0.676 bits per heavy atom. The minimum absolute atomic E-state index is 0.371. The Labute approximate surface area is 195 Å². The van der Waals surface area contributed by atoms with Crippen molar-refractivity contribution in [3.63, 3.8) is 0 Å². The van der Waals surface area contributed by atoms with Gasteiger partial charge in [-0.2, -0.15) is 0 Å². The molecular weight excluding hydrogens is 448 g/mol. The lowest BCUT2D eigenvalue weighted by Crippen LogP contribution is -2.40. The second kappa shape index (κ2) is 11.1. The van der Waals surface area contributed by atoms with Crippen molar-refractivity contribution in [2.45, 2.75) is 6.42 Å². The van der Waals surface area contributed by atoms with E-state index in [1.807, 2.05) is 6.07 Å². The van der Waals surface area contributed by atoms with E-state index in [0.717, 1.165) is 41.1 Å². The smallest absolute Gasteiger partial charge is 0.339 e. The van der Waals surface area contributed by atoms with Gasteiger partial charge in [-0.15, -0.1) is 0 Å². The Morgan fingerprint density at radius 3 is 1.50 bits per heavy atom. The molecule has 1 aliphatic carbocycles. The van der Waals surface area contributed by atoms with Crippen LogP contribution in [0.1, 0.15) is 12.0 Å². The molecule has 1 aromatic rings. The maximum Gasteiger partial charge on any atom is 0.339 e. The zero-order valence-corrected chi connectivity index (χ0v) is 19.3. The third-order valence-corrected chi connectivity index (χ3v) is 5.23. The molecule has 0 radical (unpaired) electrons. The summed E-state index contributed by atoms with van der Waals surface area (Å²) < 4.78 is 24.1. The van der Waals surface area contributed by atoms with Gasteiger partial charge in [0.15, 0.2) is 0 Å². The zero-order valence-electron chi connectivity index (χ0n) is 19.3. The first kappa shape index (κ1) is 26.0. The summed E-state index contributed by atoms with van der Waals surface area (Å²) in [7, 11) is 5.07. The number of carbonyl (C=O) groups excluding carboxylic acids is 5. The molecule has 0 saturated heterocycles. The maximum atomic E-state index is 13.3. The van der Waals surface area contributed by atoms with Crippen LogP contribution in [-0.2, 0) is 47.7 Å². The number of carbonyl (C=O) groups is 5. The lowest BCUT2D eigenvalue weighted by molar-refractivity contribution is -0.154. The Kier molecular flexibility index (Phi) is 8.49. The summed E-state index contributed by atoms with van der Waals surface area (Å²) in [6.07, 6.45) is 2.75. The molecule has 0 atom stereocenters. The van der Waals surface area contributed by atoms with E-state index in [0.29, 0.717) is 0 Å². The van der Waals surface area contributed by atoms with E-state index in [2.05, 4.69) is 0 Å². The van der Waals surface area contributed by atoms with Gasteiger partial charge in [0.05, 0.1) is 57.8 Å². The highest BCUT2D eigenvalue weighted by molar-refractivity contribution is 6.23. The fraction of sp³-hybridized carbons (Fsp3) is 0.292. The van der Waals surface area contributed by atoms with Crippen LogP contribution in [0.3, 0.4) is 0 Å². The first-order valence-corrected chi connectivity index (χ1v) is 9.88. The molecule has 2 rings (SSSR count). The monoisotopic (exact) mass is 472 g/mol. The summed E-state index contributed by atoms with van der Waals surface area (Å²) in [5, 5.41) is 0. The molecule has 0 saturated carbocycles. The number of hydrogen-bond acceptors (Lipinski definition) is 10. The number of rotatable bonds is 8. The standard InChI is InChI=1S/C24H24O10/c1-30-19(25)15-16(20(26)31-2)18(22(28)33-4)24(23(29)34-5,17(15)21(27)32-3)13-9-12-14-10-7-6-8-11-14/h6-12H,13H2,1-5H3/b12-9+.